The van der Waals surface area contributed by atoms with Gasteiger partial charge >= 0.3 is 0 Å². The number of benzene rings is 2. The molecule has 0 aliphatic carbocycles. The zero-order valence-corrected chi connectivity index (χ0v) is 16.2. The fourth-order valence-corrected chi connectivity index (χ4v) is 2.16. The van der Waals surface area contributed by atoms with Crippen molar-refractivity contribution >= 4 is 23.7 Å². The lowest BCUT2D eigenvalue weighted by Gasteiger charge is -1.94. The van der Waals surface area contributed by atoms with Crippen LogP contribution in [0.1, 0.15) is 48.9 Å². The zero-order valence-electron chi connectivity index (χ0n) is 16.2. The van der Waals surface area contributed by atoms with Crippen LogP contribution in [0.2, 0.25) is 0 Å². The molecule has 0 aliphatic rings. The smallest absolute Gasteiger partial charge is 0.155 e. The summed E-state index contributed by atoms with van der Waals surface area (Å²) in [6.07, 6.45) is 8.13. The zero-order chi connectivity index (χ0) is 19.4. The second kappa shape index (κ2) is 11.8. The molecule has 0 saturated carbocycles. The van der Waals surface area contributed by atoms with Crippen molar-refractivity contribution in [3.63, 3.8) is 0 Å². The second-order valence-corrected chi connectivity index (χ2v) is 6.13. The van der Waals surface area contributed by atoms with E-state index in [-0.39, 0.29) is 11.6 Å². The van der Waals surface area contributed by atoms with Crippen LogP contribution in [0.5, 0.6) is 0 Å². The highest BCUT2D eigenvalue weighted by Gasteiger charge is 1.92. The van der Waals surface area contributed by atoms with Crippen LogP contribution >= 0.6 is 0 Å². The summed E-state index contributed by atoms with van der Waals surface area (Å²) in [6, 6.07) is 16.2. The SMILES string of the molecule is CCC(=O)/C=C/c1cccc(C)c1.CCC(=O)/C=C/c1cccc(C)c1. The number of allylic oxidation sites excluding steroid dienone is 2. The Balaban J connectivity index is 0.000000260. The minimum Gasteiger partial charge on any atom is -0.295 e. The van der Waals surface area contributed by atoms with Gasteiger partial charge in [0.15, 0.2) is 11.6 Å². The fourth-order valence-electron chi connectivity index (χ4n) is 2.16. The third kappa shape index (κ3) is 8.93. The number of carbonyl (C=O) groups is 2. The molecule has 0 bridgehead atoms. The lowest BCUT2D eigenvalue weighted by molar-refractivity contribution is -0.115. The van der Waals surface area contributed by atoms with E-state index in [9.17, 15) is 9.59 Å². The summed E-state index contributed by atoms with van der Waals surface area (Å²) in [5.74, 6) is 0.336. The monoisotopic (exact) mass is 348 g/mol. The Kier molecular flexibility index (Phi) is 9.63. The minimum absolute atomic E-state index is 0.168. The van der Waals surface area contributed by atoms with Crippen molar-refractivity contribution in [1.82, 2.24) is 0 Å². The summed E-state index contributed by atoms with van der Waals surface area (Å²) >= 11 is 0. The van der Waals surface area contributed by atoms with Crippen LogP contribution in [0.3, 0.4) is 0 Å². The first-order chi connectivity index (χ1) is 12.4. The molecule has 0 unspecified atom stereocenters. The third-order valence-electron chi connectivity index (χ3n) is 3.70. The van der Waals surface area contributed by atoms with E-state index >= 15 is 0 Å². The van der Waals surface area contributed by atoms with Crippen LogP contribution in [-0.2, 0) is 9.59 Å². The Morgan fingerprint density at radius 3 is 1.42 bits per heavy atom. The maximum atomic E-state index is 11.0. The largest absolute Gasteiger partial charge is 0.295 e. The quantitative estimate of drug-likeness (QED) is 0.602. The highest BCUT2D eigenvalue weighted by molar-refractivity contribution is 5.93. The summed E-state index contributed by atoms with van der Waals surface area (Å²) in [7, 11) is 0. The van der Waals surface area contributed by atoms with Crippen LogP contribution in [0.25, 0.3) is 12.2 Å². The first-order valence-electron chi connectivity index (χ1n) is 8.99. The topological polar surface area (TPSA) is 34.1 Å². The van der Waals surface area contributed by atoms with Gasteiger partial charge in [0.2, 0.25) is 0 Å². The molecule has 0 spiro atoms. The summed E-state index contributed by atoms with van der Waals surface area (Å²) in [4.78, 5) is 22.0. The maximum absolute atomic E-state index is 11.0. The minimum atomic E-state index is 0.168. The average Bonchev–Trinajstić information content (AvgIpc) is 2.64. The molecule has 0 fully saturated rings. The second-order valence-electron chi connectivity index (χ2n) is 6.13. The van der Waals surface area contributed by atoms with E-state index in [2.05, 4.69) is 12.1 Å². The molecule has 136 valence electrons. The van der Waals surface area contributed by atoms with Crippen LogP contribution in [0, 0.1) is 13.8 Å². The van der Waals surface area contributed by atoms with Gasteiger partial charge in [0.25, 0.3) is 0 Å². The lowest BCUT2D eigenvalue weighted by atomic mass is 10.1. The van der Waals surface area contributed by atoms with Crippen LogP contribution in [0.15, 0.2) is 60.7 Å². The number of hydrogen-bond donors (Lipinski definition) is 0. The van der Waals surface area contributed by atoms with E-state index in [0.29, 0.717) is 12.8 Å². The van der Waals surface area contributed by atoms with E-state index in [4.69, 9.17) is 0 Å². The van der Waals surface area contributed by atoms with Gasteiger partial charge in [-0.3, -0.25) is 9.59 Å². The van der Waals surface area contributed by atoms with Crippen molar-refractivity contribution in [2.24, 2.45) is 0 Å². The third-order valence-corrected chi connectivity index (χ3v) is 3.70. The number of hydrogen-bond acceptors (Lipinski definition) is 2. The molecular formula is C24H28O2. The standard InChI is InChI=1S/2C12H14O/c2*1-3-12(13)8-7-11-6-4-5-10(2)9-11/h2*4-9H,3H2,1-2H3/b2*8-7+. The highest BCUT2D eigenvalue weighted by Crippen LogP contribution is 2.06. The Morgan fingerprint density at radius 2 is 1.12 bits per heavy atom. The summed E-state index contributed by atoms with van der Waals surface area (Å²) < 4.78 is 0. The van der Waals surface area contributed by atoms with Crippen molar-refractivity contribution in [2.75, 3.05) is 0 Å². The molecule has 0 radical (unpaired) electrons. The van der Waals surface area contributed by atoms with Gasteiger partial charge in [0.1, 0.15) is 0 Å². The highest BCUT2D eigenvalue weighted by atomic mass is 16.1. The fraction of sp³-hybridized carbons (Fsp3) is 0.250. The van der Waals surface area contributed by atoms with E-state index in [1.807, 2.05) is 76.2 Å². The average molecular weight is 348 g/mol. The molecule has 0 N–H and O–H groups in total. The molecule has 2 heteroatoms. The predicted molar refractivity (Wildman–Crippen MR) is 111 cm³/mol. The van der Waals surface area contributed by atoms with Crippen molar-refractivity contribution in [2.45, 2.75) is 40.5 Å². The van der Waals surface area contributed by atoms with Gasteiger partial charge in [-0.25, -0.2) is 0 Å². The molecular weight excluding hydrogens is 320 g/mol. The van der Waals surface area contributed by atoms with Gasteiger partial charge in [0.05, 0.1) is 0 Å². The molecule has 26 heavy (non-hydrogen) atoms. The van der Waals surface area contributed by atoms with Gasteiger partial charge in [-0.2, -0.15) is 0 Å². The molecule has 2 rings (SSSR count). The number of ketones is 2. The molecule has 0 heterocycles. The lowest BCUT2D eigenvalue weighted by Crippen LogP contribution is -1.86. The van der Waals surface area contributed by atoms with Gasteiger partial charge in [-0.05, 0) is 37.1 Å². The van der Waals surface area contributed by atoms with E-state index in [0.717, 1.165) is 11.1 Å². The summed E-state index contributed by atoms with van der Waals surface area (Å²) in [5, 5.41) is 0. The maximum Gasteiger partial charge on any atom is 0.155 e. The van der Waals surface area contributed by atoms with Crippen molar-refractivity contribution in [3.8, 4) is 0 Å². The van der Waals surface area contributed by atoms with Crippen LogP contribution in [-0.4, -0.2) is 11.6 Å². The molecule has 2 aromatic rings. The predicted octanol–water partition coefficient (Wildman–Crippen LogP) is 5.97. The first-order valence-corrected chi connectivity index (χ1v) is 8.99. The van der Waals surface area contributed by atoms with Crippen molar-refractivity contribution in [1.29, 1.82) is 0 Å². The van der Waals surface area contributed by atoms with E-state index in [1.165, 1.54) is 11.1 Å². The Labute approximate surface area is 157 Å². The molecule has 0 atom stereocenters. The first kappa shape index (κ1) is 21.3. The Morgan fingerprint density at radius 1 is 0.731 bits per heavy atom. The normalized spacial score (nSPS) is 10.6. The van der Waals surface area contributed by atoms with Crippen LogP contribution < -0.4 is 0 Å². The van der Waals surface area contributed by atoms with E-state index in [1.54, 1.807) is 12.2 Å². The molecule has 0 aromatic heterocycles. The number of aryl methyl sites for hydroxylation is 2. The van der Waals surface area contributed by atoms with Gasteiger partial charge in [0, 0.05) is 12.8 Å². The molecule has 0 amide bonds. The van der Waals surface area contributed by atoms with E-state index < -0.39 is 0 Å². The van der Waals surface area contributed by atoms with Crippen molar-refractivity contribution in [3.05, 3.63) is 82.9 Å². The number of carbonyl (C=O) groups excluding carboxylic acids is 2. The summed E-state index contributed by atoms with van der Waals surface area (Å²) in [6.45, 7) is 7.81. The summed E-state index contributed by atoms with van der Waals surface area (Å²) in [5.41, 5.74) is 4.60. The molecule has 2 aromatic carbocycles. The Hall–Kier alpha value is -2.74. The molecule has 0 aliphatic heterocycles. The Bertz CT molecular complexity index is 715. The van der Waals surface area contributed by atoms with Gasteiger partial charge in [-0.15, -0.1) is 0 Å². The number of rotatable bonds is 6. The molecule has 2 nitrogen and oxygen atoms in total. The van der Waals surface area contributed by atoms with Gasteiger partial charge < -0.3 is 0 Å². The van der Waals surface area contributed by atoms with Crippen LogP contribution in [0.4, 0.5) is 0 Å². The molecule has 0 saturated heterocycles. The van der Waals surface area contributed by atoms with Crippen molar-refractivity contribution < 1.29 is 9.59 Å². The van der Waals surface area contributed by atoms with Gasteiger partial charge in [-0.1, -0.05) is 85.7 Å².